The second-order valence-corrected chi connectivity index (χ2v) is 9.50. The highest BCUT2D eigenvalue weighted by molar-refractivity contribution is 8.00. The Balaban J connectivity index is 1.33. The van der Waals surface area contributed by atoms with Gasteiger partial charge in [-0.15, -0.1) is 11.3 Å². The number of benzene rings is 1. The molecule has 0 bridgehead atoms. The van der Waals surface area contributed by atoms with Gasteiger partial charge in [-0.2, -0.15) is 0 Å². The number of ether oxygens (including phenoxy) is 2. The van der Waals surface area contributed by atoms with Gasteiger partial charge in [-0.3, -0.25) is 9.78 Å². The quantitative estimate of drug-likeness (QED) is 0.274. The molecule has 0 spiro atoms. The van der Waals surface area contributed by atoms with Crippen molar-refractivity contribution in [2.75, 3.05) is 12.9 Å². The molecule has 170 valence electrons. The average Bonchev–Trinajstić information content (AvgIpc) is 3.14. The van der Waals surface area contributed by atoms with Crippen LogP contribution in [0, 0.1) is 13.8 Å². The largest absolute Gasteiger partial charge is 0.493 e. The van der Waals surface area contributed by atoms with Crippen molar-refractivity contribution in [1.82, 2.24) is 20.3 Å². The number of nitrogens with zero attached hydrogens (tertiary/aromatic N) is 3. The van der Waals surface area contributed by atoms with Crippen LogP contribution in [-0.2, 0) is 17.9 Å². The molecule has 1 N–H and O–H groups in total. The van der Waals surface area contributed by atoms with Crippen LogP contribution in [0.15, 0.2) is 54.1 Å². The number of thiophene rings is 1. The molecule has 0 atom stereocenters. The van der Waals surface area contributed by atoms with E-state index < -0.39 is 0 Å². The Labute approximate surface area is 200 Å². The standard InChI is InChI=1S/C24H24N4O3S2/c1-15-16(2)33-24-22(15)23(27-14-28-24)32-13-21(29)26-11-18-4-5-19(20(10-18)30-3)31-12-17-6-8-25-9-7-17/h4-10,14H,11-13H2,1-3H3,(H,26,29). The predicted octanol–water partition coefficient (Wildman–Crippen LogP) is 4.70. The summed E-state index contributed by atoms with van der Waals surface area (Å²) in [5, 5.41) is 4.85. The zero-order valence-corrected chi connectivity index (χ0v) is 20.3. The highest BCUT2D eigenvalue weighted by Gasteiger charge is 2.14. The molecular formula is C24H24N4O3S2. The number of nitrogens with one attached hydrogen (secondary N) is 1. The number of fused-ring (bicyclic) bond motifs is 1. The fraction of sp³-hybridized carbons (Fsp3) is 0.250. The van der Waals surface area contributed by atoms with Crippen molar-refractivity contribution in [1.29, 1.82) is 0 Å². The first kappa shape index (κ1) is 23.0. The summed E-state index contributed by atoms with van der Waals surface area (Å²) in [5.41, 5.74) is 3.13. The van der Waals surface area contributed by atoms with Gasteiger partial charge in [-0.1, -0.05) is 17.8 Å². The zero-order valence-electron chi connectivity index (χ0n) is 18.6. The summed E-state index contributed by atoms with van der Waals surface area (Å²) >= 11 is 3.08. The van der Waals surface area contributed by atoms with Gasteiger partial charge in [0.2, 0.25) is 5.91 Å². The van der Waals surface area contributed by atoms with Crippen LogP contribution >= 0.6 is 23.1 Å². The number of methoxy groups -OCH3 is 1. The molecule has 0 saturated carbocycles. The number of carbonyl (C=O) groups is 1. The summed E-state index contributed by atoms with van der Waals surface area (Å²) < 4.78 is 11.3. The summed E-state index contributed by atoms with van der Waals surface area (Å²) in [7, 11) is 1.60. The van der Waals surface area contributed by atoms with Crippen LogP contribution in [0.1, 0.15) is 21.6 Å². The fourth-order valence-electron chi connectivity index (χ4n) is 3.23. The lowest BCUT2D eigenvalue weighted by atomic mass is 10.2. The molecule has 0 aliphatic carbocycles. The third kappa shape index (κ3) is 5.61. The maximum absolute atomic E-state index is 12.5. The molecule has 0 radical (unpaired) electrons. The molecule has 0 unspecified atom stereocenters. The number of aryl methyl sites for hydroxylation is 2. The minimum atomic E-state index is -0.0617. The monoisotopic (exact) mass is 480 g/mol. The number of carbonyl (C=O) groups excluding carboxylic acids is 1. The Bertz CT molecular complexity index is 1260. The maximum Gasteiger partial charge on any atom is 0.230 e. The van der Waals surface area contributed by atoms with E-state index in [1.54, 1.807) is 37.2 Å². The Morgan fingerprint density at radius 2 is 1.91 bits per heavy atom. The van der Waals surface area contributed by atoms with Crippen molar-refractivity contribution >= 4 is 39.2 Å². The third-order valence-electron chi connectivity index (χ3n) is 5.13. The second-order valence-electron chi connectivity index (χ2n) is 7.34. The van der Waals surface area contributed by atoms with E-state index in [9.17, 15) is 4.79 Å². The Kier molecular flexibility index (Phi) is 7.41. The minimum Gasteiger partial charge on any atom is -0.493 e. The van der Waals surface area contributed by atoms with E-state index in [0.29, 0.717) is 24.7 Å². The van der Waals surface area contributed by atoms with Crippen LogP contribution < -0.4 is 14.8 Å². The van der Waals surface area contributed by atoms with Crippen LogP contribution in [0.3, 0.4) is 0 Å². The first-order valence-corrected chi connectivity index (χ1v) is 12.1. The predicted molar refractivity (Wildman–Crippen MR) is 131 cm³/mol. The Hall–Kier alpha value is -3.17. The molecule has 0 saturated heterocycles. The smallest absolute Gasteiger partial charge is 0.230 e. The molecule has 0 fully saturated rings. The molecule has 9 heteroatoms. The first-order chi connectivity index (χ1) is 16.0. The SMILES string of the molecule is COc1cc(CNC(=O)CSc2ncnc3sc(C)c(C)c23)ccc1OCc1ccncc1. The van der Waals surface area contributed by atoms with Crippen LogP contribution in [0.4, 0.5) is 0 Å². The number of pyridine rings is 1. The molecule has 0 aliphatic rings. The van der Waals surface area contributed by atoms with Gasteiger partial charge in [0.25, 0.3) is 0 Å². The molecule has 4 aromatic rings. The van der Waals surface area contributed by atoms with Crippen molar-refractivity contribution in [3.8, 4) is 11.5 Å². The normalized spacial score (nSPS) is 10.9. The van der Waals surface area contributed by atoms with Crippen molar-refractivity contribution < 1.29 is 14.3 Å². The molecule has 1 aromatic carbocycles. The second kappa shape index (κ2) is 10.6. The van der Waals surface area contributed by atoms with E-state index in [4.69, 9.17) is 9.47 Å². The molecule has 0 aliphatic heterocycles. The summed E-state index contributed by atoms with van der Waals surface area (Å²) in [6.07, 6.45) is 5.02. The number of hydrogen-bond acceptors (Lipinski definition) is 8. The summed E-state index contributed by atoms with van der Waals surface area (Å²) in [6, 6.07) is 9.46. The highest BCUT2D eigenvalue weighted by atomic mass is 32.2. The van der Waals surface area contributed by atoms with Gasteiger partial charge in [0.1, 0.15) is 22.8 Å². The van der Waals surface area contributed by atoms with E-state index in [-0.39, 0.29) is 11.7 Å². The zero-order chi connectivity index (χ0) is 23.2. The molecular weight excluding hydrogens is 456 g/mol. The van der Waals surface area contributed by atoms with E-state index in [1.165, 1.54) is 22.2 Å². The van der Waals surface area contributed by atoms with Gasteiger partial charge in [0.15, 0.2) is 11.5 Å². The first-order valence-electron chi connectivity index (χ1n) is 10.3. The van der Waals surface area contributed by atoms with Crippen molar-refractivity contribution in [3.05, 3.63) is 70.6 Å². The Morgan fingerprint density at radius 3 is 2.70 bits per heavy atom. The highest BCUT2D eigenvalue weighted by Crippen LogP contribution is 2.34. The molecule has 3 heterocycles. The van der Waals surface area contributed by atoms with E-state index in [2.05, 4.69) is 34.1 Å². The lowest BCUT2D eigenvalue weighted by Crippen LogP contribution is -2.24. The number of hydrogen-bond donors (Lipinski definition) is 1. The number of aromatic nitrogens is 3. The lowest BCUT2D eigenvalue weighted by Gasteiger charge is -2.13. The lowest BCUT2D eigenvalue weighted by molar-refractivity contribution is -0.118. The number of amides is 1. The number of rotatable bonds is 9. The number of thioether (sulfide) groups is 1. The molecule has 7 nitrogen and oxygen atoms in total. The molecule has 33 heavy (non-hydrogen) atoms. The van der Waals surface area contributed by atoms with Crippen LogP contribution in [-0.4, -0.2) is 33.7 Å². The van der Waals surface area contributed by atoms with Gasteiger partial charge in [-0.05, 0) is 54.8 Å². The topological polar surface area (TPSA) is 86.2 Å². The van der Waals surface area contributed by atoms with Crippen molar-refractivity contribution in [3.63, 3.8) is 0 Å². The van der Waals surface area contributed by atoms with Gasteiger partial charge in [0, 0.05) is 29.2 Å². The van der Waals surface area contributed by atoms with Crippen LogP contribution in [0.2, 0.25) is 0 Å². The van der Waals surface area contributed by atoms with E-state index in [0.717, 1.165) is 26.4 Å². The van der Waals surface area contributed by atoms with Crippen molar-refractivity contribution in [2.24, 2.45) is 0 Å². The minimum absolute atomic E-state index is 0.0617. The molecule has 4 rings (SSSR count). The van der Waals surface area contributed by atoms with Gasteiger partial charge < -0.3 is 14.8 Å². The van der Waals surface area contributed by atoms with Crippen LogP contribution in [0.5, 0.6) is 11.5 Å². The summed E-state index contributed by atoms with van der Waals surface area (Å²) in [5.74, 6) is 1.49. The van der Waals surface area contributed by atoms with E-state index >= 15 is 0 Å². The van der Waals surface area contributed by atoms with Gasteiger partial charge >= 0.3 is 0 Å². The summed E-state index contributed by atoms with van der Waals surface area (Å²) in [6.45, 7) is 4.97. The van der Waals surface area contributed by atoms with E-state index in [1.807, 2.05) is 30.3 Å². The molecule has 3 aromatic heterocycles. The Morgan fingerprint density at radius 1 is 1.09 bits per heavy atom. The maximum atomic E-state index is 12.5. The average molecular weight is 481 g/mol. The fourth-order valence-corrected chi connectivity index (χ4v) is 5.17. The van der Waals surface area contributed by atoms with Gasteiger partial charge in [-0.25, -0.2) is 9.97 Å². The van der Waals surface area contributed by atoms with Crippen molar-refractivity contribution in [2.45, 2.75) is 32.0 Å². The molecule has 1 amide bonds. The summed E-state index contributed by atoms with van der Waals surface area (Å²) in [4.78, 5) is 27.4. The third-order valence-corrected chi connectivity index (χ3v) is 7.24. The van der Waals surface area contributed by atoms with Crippen LogP contribution in [0.25, 0.3) is 10.2 Å². The van der Waals surface area contributed by atoms with Gasteiger partial charge in [0.05, 0.1) is 12.9 Å².